The van der Waals surface area contributed by atoms with E-state index in [1.807, 2.05) is 18.2 Å². The van der Waals surface area contributed by atoms with Crippen LogP contribution in [0.25, 0.3) is 10.9 Å². The fourth-order valence-electron chi connectivity index (χ4n) is 4.28. The molecule has 2 aliphatic heterocycles. The van der Waals surface area contributed by atoms with E-state index in [4.69, 9.17) is 4.98 Å². The number of likely N-dealkylation sites (tertiary alicyclic amines) is 1. The first-order valence-electron chi connectivity index (χ1n) is 9.41. The Morgan fingerprint density at radius 2 is 1.92 bits per heavy atom. The molecule has 0 saturated carbocycles. The van der Waals surface area contributed by atoms with Crippen molar-refractivity contribution in [1.29, 1.82) is 0 Å². The van der Waals surface area contributed by atoms with E-state index >= 15 is 0 Å². The van der Waals surface area contributed by atoms with Gasteiger partial charge in [-0.25, -0.2) is 4.98 Å². The number of piperidine rings is 1. The summed E-state index contributed by atoms with van der Waals surface area (Å²) in [5, 5.41) is 10.9. The number of aromatic nitrogens is 1. The van der Waals surface area contributed by atoms with Crippen molar-refractivity contribution in [2.75, 3.05) is 51.2 Å². The summed E-state index contributed by atoms with van der Waals surface area (Å²) in [7, 11) is 2.23. The molecule has 0 spiro atoms. The minimum atomic E-state index is 0.0425. The topological polar surface area (TPSA) is 42.8 Å². The Balaban J connectivity index is 1.49. The van der Waals surface area contributed by atoms with E-state index in [1.165, 1.54) is 25.9 Å². The smallest absolute Gasteiger partial charge is 0.134 e. The van der Waals surface area contributed by atoms with Crippen LogP contribution >= 0.6 is 0 Å². The molecule has 134 valence electrons. The van der Waals surface area contributed by atoms with Crippen LogP contribution in [0, 0.1) is 0 Å². The fourth-order valence-corrected chi connectivity index (χ4v) is 4.28. The van der Waals surface area contributed by atoms with Crippen LogP contribution in [0.3, 0.4) is 0 Å². The molecule has 2 aromatic rings. The first-order chi connectivity index (χ1) is 12.2. The number of piperazine rings is 1. The monoisotopic (exact) mass is 340 g/mol. The van der Waals surface area contributed by atoms with Crippen molar-refractivity contribution in [3.63, 3.8) is 0 Å². The van der Waals surface area contributed by atoms with Gasteiger partial charge in [0, 0.05) is 49.7 Å². The quantitative estimate of drug-likeness (QED) is 0.925. The first-order valence-corrected chi connectivity index (χ1v) is 9.41. The van der Waals surface area contributed by atoms with Crippen LogP contribution in [0.2, 0.25) is 0 Å². The van der Waals surface area contributed by atoms with Crippen LogP contribution in [-0.2, 0) is 6.61 Å². The first kappa shape index (κ1) is 16.8. The number of rotatable bonds is 3. The van der Waals surface area contributed by atoms with Crippen LogP contribution in [0.1, 0.15) is 18.4 Å². The SMILES string of the molecule is CN1CCC[C@H](N2CCN(c3nc4ccccc4cc3CO)CC2)C1. The Labute approximate surface area is 149 Å². The summed E-state index contributed by atoms with van der Waals surface area (Å²) in [5.41, 5.74) is 1.94. The predicted molar refractivity (Wildman–Crippen MR) is 102 cm³/mol. The zero-order chi connectivity index (χ0) is 17.2. The van der Waals surface area contributed by atoms with Gasteiger partial charge in [0.25, 0.3) is 0 Å². The average Bonchev–Trinajstić information content (AvgIpc) is 2.67. The van der Waals surface area contributed by atoms with Crippen molar-refractivity contribution in [1.82, 2.24) is 14.8 Å². The maximum absolute atomic E-state index is 9.81. The number of fused-ring (bicyclic) bond motifs is 1. The van der Waals surface area contributed by atoms with Gasteiger partial charge in [0.1, 0.15) is 5.82 Å². The highest BCUT2D eigenvalue weighted by molar-refractivity contribution is 5.81. The van der Waals surface area contributed by atoms with Gasteiger partial charge in [-0.1, -0.05) is 18.2 Å². The maximum atomic E-state index is 9.81. The minimum Gasteiger partial charge on any atom is -0.392 e. The van der Waals surface area contributed by atoms with E-state index in [0.29, 0.717) is 6.04 Å². The minimum absolute atomic E-state index is 0.0425. The van der Waals surface area contributed by atoms with Gasteiger partial charge in [0.15, 0.2) is 0 Å². The Morgan fingerprint density at radius 3 is 2.68 bits per heavy atom. The molecule has 0 amide bonds. The molecule has 4 rings (SSSR count). The molecule has 3 heterocycles. The lowest BCUT2D eigenvalue weighted by atomic mass is 10.0. The molecule has 0 radical (unpaired) electrons. The molecular weight excluding hydrogens is 312 g/mol. The highest BCUT2D eigenvalue weighted by Crippen LogP contribution is 2.26. The number of aliphatic hydroxyl groups is 1. The van der Waals surface area contributed by atoms with Crippen LogP contribution in [-0.4, -0.2) is 72.2 Å². The van der Waals surface area contributed by atoms with Crippen molar-refractivity contribution >= 4 is 16.7 Å². The molecule has 2 fully saturated rings. The third-order valence-electron chi connectivity index (χ3n) is 5.68. The third-order valence-corrected chi connectivity index (χ3v) is 5.68. The largest absolute Gasteiger partial charge is 0.392 e. The summed E-state index contributed by atoms with van der Waals surface area (Å²) in [6.07, 6.45) is 2.63. The molecule has 5 nitrogen and oxygen atoms in total. The van der Waals surface area contributed by atoms with Gasteiger partial charge >= 0.3 is 0 Å². The summed E-state index contributed by atoms with van der Waals surface area (Å²) >= 11 is 0. The zero-order valence-electron chi connectivity index (χ0n) is 15.1. The molecule has 1 aromatic carbocycles. The summed E-state index contributed by atoms with van der Waals surface area (Å²) in [4.78, 5) is 12.3. The normalized spacial score (nSPS) is 23.3. The maximum Gasteiger partial charge on any atom is 0.134 e. The van der Waals surface area contributed by atoms with Crippen molar-refractivity contribution in [3.8, 4) is 0 Å². The molecule has 0 unspecified atom stereocenters. The molecular formula is C20H28N4O. The van der Waals surface area contributed by atoms with Gasteiger partial charge < -0.3 is 14.9 Å². The van der Waals surface area contributed by atoms with Gasteiger partial charge in [0.05, 0.1) is 12.1 Å². The molecule has 0 aliphatic carbocycles. The summed E-state index contributed by atoms with van der Waals surface area (Å²) in [6, 6.07) is 10.9. The number of hydrogen-bond acceptors (Lipinski definition) is 5. The second-order valence-corrected chi connectivity index (χ2v) is 7.40. The predicted octanol–water partition coefficient (Wildman–Crippen LogP) is 1.94. The van der Waals surface area contributed by atoms with Crippen LogP contribution in [0.4, 0.5) is 5.82 Å². The highest BCUT2D eigenvalue weighted by Gasteiger charge is 2.28. The fraction of sp³-hybridized carbons (Fsp3) is 0.550. The summed E-state index contributed by atoms with van der Waals surface area (Å²) < 4.78 is 0. The number of pyridine rings is 1. The van der Waals surface area contributed by atoms with E-state index in [-0.39, 0.29) is 6.61 Å². The van der Waals surface area contributed by atoms with E-state index in [2.05, 4.69) is 33.9 Å². The molecule has 1 atom stereocenters. The molecule has 0 bridgehead atoms. The van der Waals surface area contributed by atoms with Crippen molar-refractivity contribution in [3.05, 3.63) is 35.9 Å². The molecule has 1 aromatic heterocycles. The molecule has 25 heavy (non-hydrogen) atoms. The standard InChI is InChI=1S/C20H28N4O/c1-22-8-4-6-18(14-22)23-9-11-24(12-10-23)20-17(15-25)13-16-5-2-3-7-19(16)21-20/h2-3,5,7,13,18,25H,4,6,8-12,14-15H2,1H3/t18-/m0/s1. The number of hydrogen-bond donors (Lipinski definition) is 1. The Hall–Kier alpha value is -1.69. The number of aliphatic hydroxyl groups excluding tert-OH is 1. The van der Waals surface area contributed by atoms with Crippen LogP contribution < -0.4 is 4.90 Å². The van der Waals surface area contributed by atoms with Crippen LogP contribution in [0.5, 0.6) is 0 Å². The van der Waals surface area contributed by atoms with Gasteiger partial charge in [-0.3, -0.25) is 4.90 Å². The second kappa shape index (κ2) is 7.28. The molecule has 2 aliphatic rings. The van der Waals surface area contributed by atoms with Crippen molar-refractivity contribution < 1.29 is 5.11 Å². The van der Waals surface area contributed by atoms with Gasteiger partial charge in [0.2, 0.25) is 0 Å². The summed E-state index contributed by atoms with van der Waals surface area (Å²) in [5.74, 6) is 0.960. The zero-order valence-corrected chi connectivity index (χ0v) is 15.1. The third kappa shape index (κ3) is 3.50. The lowest BCUT2D eigenvalue weighted by Crippen LogP contribution is -2.54. The van der Waals surface area contributed by atoms with Crippen molar-refractivity contribution in [2.24, 2.45) is 0 Å². The average molecular weight is 340 g/mol. The molecule has 1 N–H and O–H groups in total. The number of anilines is 1. The lowest BCUT2D eigenvalue weighted by molar-refractivity contribution is 0.106. The molecule has 5 heteroatoms. The Bertz CT molecular complexity index is 727. The summed E-state index contributed by atoms with van der Waals surface area (Å²) in [6.45, 7) is 6.60. The van der Waals surface area contributed by atoms with E-state index in [0.717, 1.165) is 48.5 Å². The van der Waals surface area contributed by atoms with Crippen LogP contribution in [0.15, 0.2) is 30.3 Å². The second-order valence-electron chi connectivity index (χ2n) is 7.40. The van der Waals surface area contributed by atoms with E-state index in [1.54, 1.807) is 0 Å². The van der Waals surface area contributed by atoms with Gasteiger partial charge in [-0.15, -0.1) is 0 Å². The molecule has 2 saturated heterocycles. The van der Waals surface area contributed by atoms with Crippen molar-refractivity contribution in [2.45, 2.75) is 25.5 Å². The van der Waals surface area contributed by atoms with Gasteiger partial charge in [-0.05, 0) is 38.6 Å². The highest BCUT2D eigenvalue weighted by atomic mass is 16.3. The Kier molecular flexibility index (Phi) is 4.88. The number of nitrogens with zero attached hydrogens (tertiary/aromatic N) is 4. The number of benzene rings is 1. The van der Waals surface area contributed by atoms with Gasteiger partial charge in [-0.2, -0.15) is 0 Å². The number of para-hydroxylation sites is 1. The van der Waals surface area contributed by atoms with E-state index in [9.17, 15) is 5.11 Å². The number of likely N-dealkylation sites (N-methyl/N-ethyl adjacent to an activating group) is 1. The Morgan fingerprint density at radius 1 is 1.12 bits per heavy atom. The van der Waals surface area contributed by atoms with E-state index < -0.39 is 0 Å². The lowest BCUT2D eigenvalue weighted by Gasteiger charge is -2.43.